The highest BCUT2D eigenvalue weighted by molar-refractivity contribution is 7.09. The fourth-order valence-corrected chi connectivity index (χ4v) is 4.27. The summed E-state index contributed by atoms with van der Waals surface area (Å²) in [5, 5.41) is 2.95. The van der Waals surface area contributed by atoms with Gasteiger partial charge in [0.2, 0.25) is 0 Å². The third kappa shape index (κ3) is 5.46. The molecule has 9 heteroatoms. The predicted octanol–water partition coefficient (Wildman–Crippen LogP) is 3.47. The Bertz CT molecular complexity index is 931. The summed E-state index contributed by atoms with van der Waals surface area (Å²) in [7, 11) is 1.66. The Morgan fingerprint density at radius 3 is 2.81 bits per heavy atom. The molecule has 1 aliphatic heterocycles. The molecule has 1 aromatic carbocycles. The van der Waals surface area contributed by atoms with Gasteiger partial charge in [-0.2, -0.15) is 0 Å². The summed E-state index contributed by atoms with van der Waals surface area (Å²) in [6, 6.07) is 4.83. The molecule has 0 saturated carbocycles. The zero-order valence-corrected chi connectivity index (χ0v) is 19.8. The molecule has 1 aromatic heterocycles. The third-order valence-electron chi connectivity index (χ3n) is 5.12. The first kappa shape index (κ1) is 24.2. The number of anilines is 1. The molecule has 32 heavy (non-hydrogen) atoms. The number of thiazole rings is 1. The van der Waals surface area contributed by atoms with E-state index in [-0.39, 0.29) is 12.5 Å². The van der Waals surface area contributed by atoms with E-state index in [0.717, 1.165) is 22.7 Å². The van der Waals surface area contributed by atoms with Gasteiger partial charge in [0.05, 0.1) is 29.6 Å². The van der Waals surface area contributed by atoms with E-state index in [1.165, 1.54) is 4.90 Å². The summed E-state index contributed by atoms with van der Waals surface area (Å²) in [5.41, 5.74) is 2.20. The van der Waals surface area contributed by atoms with Crippen LogP contribution >= 0.6 is 11.3 Å². The molecule has 1 aliphatic rings. The summed E-state index contributed by atoms with van der Waals surface area (Å²) in [5.74, 6) is -0.180. The van der Waals surface area contributed by atoms with Crippen LogP contribution in [0.25, 0.3) is 11.3 Å². The van der Waals surface area contributed by atoms with E-state index in [0.29, 0.717) is 37.7 Å². The Morgan fingerprint density at radius 2 is 2.09 bits per heavy atom. The van der Waals surface area contributed by atoms with Gasteiger partial charge >= 0.3 is 5.97 Å². The van der Waals surface area contributed by atoms with Crippen molar-refractivity contribution in [3.05, 3.63) is 28.6 Å². The Morgan fingerprint density at radius 1 is 1.28 bits per heavy atom. The molecule has 174 valence electrons. The molecular formula is C23H30N2O6S. The van der Waals surface area contributed by atoms with Crippen molar-refractivity contribution in [3.63, 3.8) is 0 Å². The highest BCUT2D eigenvalue weighted by atomic mass is 32.1. The molecule has 3 rings (SSSR count). The van der Waals surface area contributed by atoms with E-state index in [9.17, 15) is 9.59 Å². The van der Waals surface area contributed by atoms with Crippen LogP contribution in [0.2, 0.25) is 0 Å². The van der Waals surface area contributed by atoms with Crippen molar-refractivity contribution in [1.29, 1.82) is 0 Å². The number of benzene rings is 1. The number of rotatable bonds is 11. The first-order valence-electron chi connectivity index (χ1n) is 10.8. The number of hydrogen-bond acceptors (Lipinski definition) is 8. The number of ether oxygens (including phenoxy) is 4. The minimum atomic E-state index is -0.753. The number of hydrogen-bond donors (Lipinski definition) is 0. The Balaban J connectivity index is 1.89. The molecule has 2 heterocycles. The lowest BCUT2D eigenvalue weighted by Gasteiger charge is -2.37. The molecule has 0 spiro atoms. The molecule has 0 aliphatic carbocycles. The summed E-state index contributed by atoms with van der Waals surface area (Å²) in [6.07, 6.45) is 0.453. The third-order valence-corrected chi connectivity index (χ3v) is 6.03. The number of carbonyl (C=O) groups is 2. The first-order chi connectivity index (χ1) is 15.5. The number of aromatic nitrogens is 1. The topological polar surface area (TPSA) is 87.2 Å². The number of fused-ring (bicyclic) bond motifs is 1. The fourth-order valence-electron chi connectivity index (χ4n) is 3.49. The second-order valence-electron chi connectivity index (χ2n) is 7.31. The highest BCUT2D eigenvalue weighted by Crippen LogP contribution is 2.39. The van der Waals surface area contributed by atoms with Gasteiger partial charge < -0.3 is 18.9 Å². The molecule has 2 aromatic rings. The van der Waals surface area contributed by atoms with Gasteiger partial charge in [-0.15, -0.1) is 11.3 Å². The van der Waals surface area contributed by atoms with Crippen LogP contribution in [0, 0.1) is 0 Å². The van der Waals surface area contributed by atoms with Crippen molar-refractivity contribution in [1.82, 2.24) is 4.98 Å². The molecule has 2 atom stereocenters. The first-order valence-corrected chi connectivity index (χ1v) is 11.7. The zero-order chi connectivity index (χ0) is 23.1. The van der Waals surface area contributed by atoms with Crippen molar-refractivity contribution >= 4 is 28.9 Å². The van der Waals surface area contributed by atoms with Crippen molar-refractivity contribution in [2.45, 2.75) is 45.8 Å². The minimum absolute atomic E-state index is 0.146. The molecule has 2 unspecified atom stereocenters. The second-order valence-corrected chi connectivity index (χ2v) is 8.25. The SMILES string of the molecule is CCOCCOC(=O)C(CC)N1C(=O)C(C)Oc2ccc(-c3csc(CCOC)n3)cc21. The second kappa shape index (κ2) is 11.4. The maximum atomic E-state index is 13.1. The Labute approximate surface area is 192 Å². The standard InChI is InChI=1S/C23H30N2O6S/c1-5-18(23(27)30-12-11-29-6-2)25-19-13-16(7-8-20(19)31-15(3)22(25)26)17-14-32-21(24-17)9-10-28-4/h7-8,13-15,18H,5-6,9-12H2,1-4H3. The van der Waals surface area contributed by atoms with Crippen LogP contribution in [0.15, 0.2) is 23.6 Å². The van der Waals surface area contributed by atoms with Gasteiger partial charge in [-0.05, 0) is 38.5 Å². The van der Waals surface area contributed by atoms with E-state index in [1.54, 1.807) is 25.4 Å². The van der Waals surface area contributed by atoms with Crippen molar-refractivity contribution in [3.8, 4) is 17.0 Å². The molecule has 0 radical (unpaired) electrons. The molecule has 0 bridgehead atoms. The lowest BCUT2D eigenvalue weighted by Crippen LogP contribution is -2.53. The lowest BCUT2D eigenvalue weighted by atomic mass is 10.0. The number of esters is 1. The summed E-state index contributed by atoms with van der Waals surface area (Å²) in [4.78, 5) is 32.1. The van der Waals surface area contributed by atoms with E-state index in [2.05, 4.69) is 4.98 Å². The Kier molecular flexibility index (Phi) is 8.60. The predicted molar refractivity (Wildman–Crippen MR) is 122 cm³/mol. The largest absolute Gasteiger partial charge is 0.479 e. The van der Waals surface area contributed by atoms with Gasteiger partial charge in [-0.1, -0.05) is 6.92 Å². The normalized spacial score (nSPS) is 16.4. The number of nitrogens with zero attached hydrogens (tertiary/aromatic N) is 2. The minimum Gasteiger partial charge on any atom is -0.479 e. The van der Waals surface area contributed by atoms with Gasteiger partial charge in [0.25, 0.3) is 5.91 Å². The van der Waals surface area contributed by atoms with Gasteiger partial charge in [0, 0.05) is 31.1 Å². The average molecular weight is 463 g/mol. The van der Waals surface area contributed by atoms with Crippen LogP contribution < -0.4 is 9.64 Å². The highest BCUT2D eigenvalue weighted by Gasteiger charge is 2.39. The van der Waals surface area contributed by atoms with Crippen molar-refractivity contribution < 1.29 is 28.5 Å². The molecular weight excluding hydrogens is 432 g/mol. The maximum absolute atomic E-state index is 13.1. The summed E-state index contributed by atoms with van der Waals surface area (Å²) in [6.45, 7) is 7.04. The number of carbonyl (C=O) groups excluding carboxylic acids is 2. The molecule has 1 amide bonds. The van der Waals surface area contributed by atoms with E-state index in [1.807, 2.05) is 37.4 Å². The summed E-state index contributed by atoms with van der Waals surface area (Å²) < 4.78 is 21.6. The molecule has 0 N–H and O–H groups in total. The van der Waals surface area contributed by atoms with Gasteiger partial charge in [0.1, 0.15) is 18.4 Å². The smallest absolute Gasteiger partial charge is 0.329 e. The van der Waals surface area contributed by atoms with Crippen LogP contribution in [0.3, 0.4) is 0 Å². The van der Waals surface area contributed by atoms with Gasteiger partial charge in [-0.25, -0.2) is 9.78 Å². The molecule has 0 saturated heterocycles. The average Bonchev–Trinajstić information content (AvgIpc) is 3.27. The van der Waals surface area contributed by atoms with E-state index in [4.69, 9.17) is 18.9 Å². The Hall–Kier alpha value is -2.49. The molecule has 8 nitrogen and oxygen atoms in total. The van der Waals surface area contributed by atoms with Crippen molar-refractivity contribution in [2.75, 3.05) is 38.4 Å². The van der Waals surface area contributed by atoms with E-state index < -0.39 is 18.1 Å². The van der Waals surface area contributed by atoms with Crippen LogP contribution in [-0.4, -0.2) is 62.5 Å². The maximum Gasteiger partial charge on any atom is 0.329 e. The van der Waals surface area contributed by atoms with Crippen LogP contribution in [0.1, 0.15) is 32.2 Å². The van der Waals surface area contributed by atoms with Crippen molar-refractivity contribution in [2.24, 2.45) is 0 Å². The number of methoxy groups -OCH3 is 1. The fraction of sp³-hybridized carbons (Fsp3) is 0.522. The molecule has 0 fully saturated rings. The van der Waals surface area contributed by atoms with Crippen LogP contribution in [0.4, 0.5) is 5.69 Å². The zero-order valence-electron chi connectivity index (χ0n) is 19.0. The monoisotopic (exact) mass is 462 g/mol. The number of amides is 1. The van der Waals surface area contributed by atoms with Crippen LogP contribution in [-0.2, 0) is 30.2 Å². The van der Waals surface area contributed by atoms with E-state index >= 15 is 0 Å². The quantitative estimate of drug-likeness (QED) is 0.373. The van der Waals surface area contributed by atoms with Gasteiger partial charge in [-0.3, -0.25) is 9.69 Å². The van der Waals surface area contributed by atoms with Crippen LogP contribution in [0.5, 0.6) is 5.75 Å². The van der Waals surface area contributed by atoms with Gasteiger partial charge in [0.15, 0.2) is 6.10 Å². The lowest BCUT2D eigenvalue weighted by molar-refractivity contribution is -0.148. The summed E-state index contributed by atoms with van der Waals surface area (Å²) >= 11 is 1.56.